The highest BCUT2D eigenvalue weighted by Crippen LogP contribution is 2.09. The van der Waals surface area contributed by atoms with Gasteiger partial charge in [-0.05, 0) is 23.8 Å². The third kappa shape index (κ3) is 3.39. The van der Waals surface area contributed by atoms with Crippen molar-refractivity contribution in [2.24, 2.45) is 5.14 Å². The lowest BCUT2D eigenvalue weighted by Gasteiger charge is -2.05. The average molecular weight is 280 g/mol. The normalized spacial score (nSPS) is 11.2. The molecule has 2 rings (SSSR count). The van der Waals surface area contributed by atoms with Gasteiger partial charge in [0.15, 0.2) is 0 Å². The van der Waals surface area contributed by atoms with Crippen LogP contribution in [0, 0.1) is 0 Å². The first-order valence-corrected chi connectivity index (χ1v) is 6.91. The SMILES string of the molecule is NS(=O)(=O)c1cccc(CNC(=O)c2ccn[nH]2)c1. The Morgan fingerprint density at radius 3 is 2.79 bits per heavy atom. The number of carbonyl (C=O) groups is 1. The monoisotopic (exact) mass is 280 g/mol. The third-order valence-corrected chi connectivity index (χ3v) is 3.34. The summed E-state index contributed by atoms with van der Waals surface area (Å²) in [4.78, 5) is 11.7. The Morgan fingerprint density at radius 1 is 1.37 bits per heavy atom. The molecule has 1 aromatic heterocycles. The number of nitrogens with one attached hydrogen (secondary N) is 2. The number of carbonyl (C=O) groups excluding carboxylic acids is 1. The number of H-pyrrole nitrogens is 1. The maximum Gasteiger partial charge on any atom is 0.269 e. The van der Waals surface area contributed by atoms with Gasteiger partial charge in [-0.2, -0.15) is 5.10 Å². The molecular weight excluding hydrogens is 268 g/mol. The van der Waals surface area contributed by atoms with Crippen LogP contribution >= 0.6 is 0 Å². The first-order valence-electron chi connectivity index (χ1n) is 5.36. The number of nitrogens with two attached hydrogens (primary N) is 1. The van der Waals surface area contributed by atoms with E-state index in [1.807, 2.05) is 0 Å². The largest absolute Gasteiger partial charge is 0.347 e. The maximum absolute atomic E-state index is 11.6. The lowest BCUT2D eigenvalue weighted by molar-refractivity contribution is 0.0946. The van der Waals surface area contributed by atoms with Gasteiger partial charge in [-0.3, -0.25) is 9.89 Å². The number of aromatic nitrogens is 2. The van der Waals surface area contributed by atoms with Gasteiger partial charge in [0, 0.05) is 12.7 Å². The van der Waals surface area contributed by atoms with Crippen LogP contribution in [-0.4, -0.2) is 24.5 Å². The summed E-state index contributed by atoms with van der Waals surface area (Å²) in [5.74, 6) is -0.321. The van der Waals surface area contributed by atoms with Crippen LogP contribution in [0.3, 0.4) is 0 Å². The number of nitrogens with zero attached hydrogens (tertiary/aromatic N) is 1. The Bertz CT molecular complexity index is 680. The van der Waals surface area contributed by atoms with Crippen LogP contribution in [0.25, 0.3) is 0 Å². The van der Waals surface area contributed by atoms with Crippen molar-refractivity contribution < 1.29 is 13.2 Å². The molecular formula is C11H12N4O3S. The Morgan fingerprint density at radius 2 is 2.16 bits per heavy atom. The van der Waals surface area contributed by atoms with Crippen molar-refractivity contribution in [3.8, 4) is 0 Å². The summed E-state index contributed by atoms with van der Waals surface area (Å²) in [6.45, 7) is 0.196. The van der Waals surface area contributed by atoms with Gasteiger partial charge in [0.2, 0.25) is 10.0 Å². The van der Waals surface area contributed by atoms with Crippen LogP contribution in [0.5, 0.6) is 0 Å². The molecule has 0 saturated carbocycles. The van der Waals surface area contributed by atoms with Crippen molar-refractivity contribution in [2.75, 3.05) is 0 Å². The highest BCUT2D eigenvalue weighted by atomic mass is 32.2. The highest BCUT2D eigenvalue weighted by Gasteiger charge is 2.09. The van der Waals surface area contributed by atoms with Gasteiger partial charge in [0.25, 0.3) is 5.91 Å². The van der Waals surface area contributed by atoms with E-state index in [2.05, 4.69) is 15.5 Å². The van der Waals surface area contributed by atoms with E-state index >= 15 is 0 Å². The van der Waals surface area contributed by atoms with Crippen molar-refractivity contribution in [1.82, 2.24) is 15.5 Å². The van der Waals surface area contributed by atoms with Crippen LogP contribution in [0.1, 0.15) is 16.1 Å². The maximum atomic E-state index is 11.6. The minimum atomic E-state index is -3.74. The van der Waals surface area contributed by atoms with Crippen molar-refractivity contribution in [3.05, 3.63) is 47.8 Å². The first kappa shape index (κ1) is 13.2. The van der Waals surface area contributed by atoms with Gasteiger partial charge in [-0.1, -0.05) is 12.1 Å². The van der Waals surface area contributed by atoms with Crippen LogP contribution in [-0.2, 0) is 16.6 Å². The van der Waals surface area contributed by atoms with E-state index in [0.29, 0.717) is 11.3 Å². The predicted molar refractivity (Wildman–Crippen MR) is 67.6 cm³/mol. The van der Waals surface area contributed by atoms with Crippen LogP contribution in [0.4, 0.5) is 0 Å². The molecule has 0 saturated heterocycles. The Balaban J connectivity index is 2.06. The molecule has 0 fully saturated rings. The van der Waals surface area contributed by atoms with Gasteiger partial charge in [0.1, 0.15) is 5.69 Å². The van der Waals surface area contributed by atoms with Crippen molar-refractivity contribution >= 4 is 15.9 Å². The molecule has 7 nitrogen and oxygen atoms in total. The average Bonchev–Trinajstić information content (AvgIpc) is 2.89. The smallest absolute Gasteiger partial charge is 0.269 e. The topological polar surface area (TPSA) is 118 Å². The second-order valence-electron chi connectivity index (χ2n) is 3.85. The molecule has 1 amide bonds. The molecule has 0 radical (unpaired) electrons. The molecule has 0 bridgehead atoms. The highest BCUT2D eigenvalue weighted by molar-refractivity contribution is 7.89. The summed E-state index contributed by atoms with van der Waals surface area (Å²) < 4.78 is 22.4. The summed E-state index contributed by atoms with van der Waals surface area (Å²) >= 11 is 0. The number of primary sulfonamides is 1. The third-order valence-electron chi connectivity index (χ3n) is 2.43. The standard InChI is InChI=1S/C11H12N4O3S/c12-19(17,18)9-3-1-2-8(6-9)7-13-11(16)10-4-5-14-15-10/h1-6H,7H2,(H,13,16)(H,14,15)(H2,12,17,18). The summed E-state index contributed by atoms with van der Waals surface area (Å²) in [7, 11) is -3.74. The van der Waals surface area contributed by atoms with Crippen LogP contribution in [0.2, 0.25) is 0 Å². The predicted octanol–water partition coefficient (Wildman–Crippen LogP) is -0.0129. The van der Waals surface area contributed by atoms with Gasteiger partial charge in [-0.15, -0.1) is 0 Å². The minimum absolute atomic E-state index is 0.0146. The van der Waals surface area contributed by atoms with Gasteiger partial charge >= 0.3 is 0 Å². The van der Waals surface area contributed by atoms with Crippen molar-refractivity contribution in [1.29, 1.82) is 0 Å². The zero-order valence-electron chi connectivity index (χ0n) is 9.83. The number of aromatic amines is 1. The van der Waals surface area contributed by atoms with E-state index in [1.54, 1.807) is 12.1 Å². The molecule has 8 heteroatoms. The van der Waals surface area contributed by atoms with Crippen LogP contribution in [0.15, 0.2) is 41.4 Å². The summed E-state index contributed by atoms with van der Waals surface area (Å²) in [6, 6.07) is 7.62. The van der Waals surface area contributed by atoms with Crippen LogP contribution < -0.4 is 10.5 Å². The van der Waals surface area contributed by atoms with Gasteiger partial charge < -0.3 is 5.32 Å². The summed E-state index contributed by atoms with van der Waals surface area (Å²) in [5.41, 5.74) is 0.974. The summed E-state index contributed by atoms with van der Waals surface area (Å²) in [6.07, 6.45) is 1.47. The van der Waals surface area contributed by atoms with E-state index < -0.39 is 10.0 Å². The second kappa shape index (κ2) is 5.21. The summed E-state index contributed by atoms with van der Waals surface area (Å²) in [5, 5.41) is 13.9. The molecule has 0 spiro atoms. The number of rotatable bonds is 4. The minimum Gasteiger partial charge on any atom is -0.347 e. The molecule has 0 unspecified atom stereocenters. The Hall–Kier alpha value is -2.19. The second-order valence-corrected chi connectivity index (χ2v) is 5.41. The quantitative estimate of drug-likeness (QED) is 0.729. The molecule has 19 heavy (non-hydrogen) atoms. The fraction of sp³-hybridized carbons (Fsp3) is 0.0909. The molecule has 4 N–H and O–H groups in total. The molecule has 0 aliphatic carbocycles. The lowest BCUT2D eigenvalue weighted by Crippen LogP contribution is -2.23. The number of hydrogen-bond donors (Lipinski definition) is 3. The van der Waals surface area contributed by atoms with E-state index in [1.165, 1.54) is 24.4 Å². The zero-order chi connectivity index (χ0) is 13.9. The molecule has 1 aromatic carbocycles. The molecule has 1 heterocycles. The molecule has 0 aliphatic rings. The first-order chi connectivity index (χ1) is 8.97. The van der Waals surface area contributed by atoms with E-state index in [-0.39, 0.29) is 17.3 Å². The molecule has 2 aromatic rings. The molecule has 0 aliphatic heterocycles. The van der Waals surface area contributed by atoms with E-state index in [9.17, 15) is 13.2 Å². The van der Waals surface area contributed by atoms with Crippen molar-refractivity contribution in [2.45, 2.75) is 11.4 Å². The van der Waals surface area contributed by atoms with E-state index in [0.717, 1.165) is 0 Å². The van der Waals surface area contributed by atoms with E-state index in [4.69, 9.17) is 5.14 Å². The molecule has 0 atom stereocenters. The van der Waals surface area contributed by atoms with Gasteiger partial charge in [-0.25, -0.2) is 13.6 Å². The lowest BCUT2D eigenvalue weighted by atomic mass is 10.2. The number of amides is 1. The Kier molecular flexibility index (Phi) is 3.63. The fourth-order valence-electron chi connectivity index (χ4n) is 1.49. The van der Waals surface area contributed by atoms with Gasteiger partial charge in [0.05, 0.1) is 4.90 Å². The zero-order valence-corrected chi connectivity index (χ0v) is 10.6. The van der Waals surface area contributed by atoms with Crippen molar-refractivity contribution in [3.63, 3.8) is 0 Å². The Labute approximate surface area is 109 Å². The fourth-order valence-corrected chi connectivity index (χ4v) is 2.08. The number of sulfonamides is 1. The number of hydrogen-bond acceptors (Lipinski definition) is 4. The molecule has 100 valence electrons. The number of benzene rings is 1.